The quantitative estimate of drug-likeness (QED) is 0.326. The van der Waals surface area contributed by atoms with Crippen LogP contribution >= 0.6 is 0 Å². The lowest BCUT2D eigenvalue weighted by Crippen LogP contribution is -2.52. The van der Waals surface area contributed by atoms with Crippen LogP contribution in [-0.2, 0) is 26.2 Å². The summed E-state index contributed by atoms with van der Waals surface area (Å²) in [5, 5.41) is 2.88. The minimum atomic E-state index is -3.82. The second-order valence-corrected chi connectivity index (χ2v) is 11.2. The molecular weight excluding hydrogens is 514 g/mol. The normalized spacial score (nSPS) is 11.9. The maximum atomic E-state index is 13.8. The molecule has 0 saturated heterocycles. The van der Waals surface area contributed by atoms with Crippen molar-refractivity contribution in [2.24, 2.45) is 0 Å². The van der Waals surface area contributed by atoms with Crippen LogP contribution in [-0.4, -0.2) is 50.5 Å². The van der Waals surface area contributed by atoms with Gasteiger partial charge in [-0.05, 0) is 67.3 Å². The second kappa shape index (κ2) is 13.8. The van der Waals surface area contributed by atoms with Crippen LogP contribution in [0.15, 0.2) is 78.9 Å². The molecule has 0 aliphatic carbocycles. The fraction of sp³-hybridized carbons (Fsp3) is 0.333. The molecule has 3 aromatic carbocycles. The number of sulfonamides is 1. The fourth-order valence-electron chi connectivity index (χ4n) is 4.18. The topological polar surface area (TPSA) is 96.0 Å². The monoisotopic (exact) mass is 551 g/mol. The van der Waals surface area contributed by atoms with E-state index in [1.54, 1.807) is 24.3 Å². The molecule has 2 amide bonds. The number of hydrogen-bond acceptors (Lipinski definition) is 5. The third kappa shape index (κ3) is 8.32. The van der Waals surface area contributed by atoms with Crippen LogP contribution in [0.3, 0.4) is 0 Å². The molecule has 1 atom stereocenters. The first kappa shape index (κ1) is 29.7. The third-order valence-electron chi connectivity index (χ3n) is 6.32. The van der Waals surface area contributed by atoms with Crippen molar-refractivity contribution >= 4 is 27.5 Å². The summed E-state index contributed by atoms with van der Waals surface area (Å²) in [4.78, 5) is 28.3. The number of benzene rings is 3. The Morgan fingerprint density at radius 2 is 1.51 bits per heavy atom. The molecule has 0 saturated carbocycles. The molecule has 1 unspecified atom stereocenters. The highest BCUT2D eigenvalue weighted by Gasteiger charge is 2.31. The molecule has 0 aliphatic heterocycles. The van der Waals surface area contributed by atoms with E-state index in [9.17, 15) is 18.0 Å². The van der Waals surface area contributed by atoms with Gasteiger partial charge in [-0.2, -0.15) is 0 Å². The van der Waals surface area contributed by atoms with Crippen molar-refractivity contribution in [1.29, 1.82) is 0 Å². The number of aryl methyl sites for hydroxylation is 1. The molecule has 208 valence electrons. The van der Waals surface area contributed by atoms with Crippen molar-refractivity contribution in [3.63, 3.8) is 0 Å². The van der Waals surface area contributed by atoms with Gasteiger partial charge in [0.05, 0.1) is 11.9 Å². The number of hydrogen-bond donors (Lipinski definition) is 1. The number of nitrogens with zero attached hydrogens (tertiary/aromatic N) is 2. The summed E-state index contributed by atoms with van der Waals surface area (Å²) in [5.74, 6) is 0.463. The van der Waals surface area contributed by atoms with Crippen LogP contribution < -0.4 is 14.4 Å². The van der Waals surface area contributed by atoms with E-state index in [0.29, 0.717) is 30.2 Å². The van der Waals surface area contributed by atoms with Crippen LogP contribution in [0.1, 0.15) is 37.8 Å². The smallest absolute Gasteiger partial charge is 0.244 e. The number of para-hydroxylation sites is 1. The molecule has 3 aromatic rings. The van der Waals surface area contributed by atoms with Gasteiger partial charge in [-0.15, -0.1) is 0 Å². The van der Waals surface area contributed by atoms with Gasteiger partial charge >= 0.3 is 0 Å². The maximum Gasteiger partial charge on any atom is 0.244 e. The second-order valence-electron chi connectivity index (χ2n) is 9.34. The molecule has 0 fully saturated rings. The van der Waals surface area contributed by atoms with Crippen LogP contribution in [0.2, 0.25) is 0 Å². The summed E-state index contributed by atoms with van der Waals surface area (Å²) in [6.07, 6.45) is 2.21. The van der Waals surface area contributed by atoms with Gasteiger partial charge in [0.1, 0.15) is 24.1 Å². The summed E-state index contributed by atoms with van der Waals surface area (Å²) in [5.41, 5.74) is 2.19. The average Bonchev–Trinajstić information content (AvgIpc) is 2.92. The largest absolute Gasteiger partial charge is 0.457 e. The summed E-state index contributed by atoms with van der Waals surface area (Å²) in [7, 11) is -3.82. The molecule has 0 heterocycles. The maximum absolute atomic E-state index is 13.8. The molecule has 3 rings (SSSR count). The molecule has 0 radical (unpaired) electrons. The molecule has 1 N–H and O–H groups in total. The van der Waals surface area contributed by atoms with Crippen LogP contribution in [0.4, 0.5) is 5.69 Å². The summed E-state index contributed by atoms with van der Waals surface area (Å²) >= 11 is 0. The number of rotatable bonds is 13. The number of carbonyl (C=O) groups excluding carboxylic acids is 2. The van der Waals surface area contributed by atoms with Gasteiger partial charge < -0.3 is 15.0 Å². The first-order valence-corrected chi connectivity index (χ1v) is 14.9. The van der Waals surface area contributed by atoms with Crippen molar-refractivity contribution in [2.75, 3.05) is 23.7 Å². The van der Waals surface area contributed by atoms with Crippen molar-refractivity contribution in [1.82, 2.24) is 10.2 Å². The van der Waals surface area contributed by atoms with E-state index in [1.165, 1.54) is 4.90 Å². The van der Waals surface area contributed by atoms with E-state index in [0.717, 1.165) is 28.1 Å². The summed E-state index contributed by atoms with van der Waals surface area (Å²) in [6.45, 7) is 5.98. The number of carbonyl (C=O) groups is 2. The summed E-state index contributed by atoms with van der Waals surface area (Å²) in [6, 6.07) is 22.6. The van der Waals surface area contributed by atoms with Gasteiger partial charge in [0.15, 0.2) is 0 Å². The molecule has 9 heteroatoms. The average molecular weight is 552 g/mol. The Bertz CT molecular complexity index is 1340. The highest BCUT2D eigenvalue weighted by Crippen LogP contribution is 2.26. The standard InChI is InChI=1S/C30H37N3O5S/c1-5-20-31-30(35)28(6-2)32(21-24-13-11-10-12-23(24)3)29(34)22-33(39(4,36)37)25-16-18-27(19-17-25)38-26-14-8-7-9-15-26/h7-19,28H,5-6,20-22H2,1-4H3,(H,31,35). The zero-order chi connectivity index (χ0) is 28.4. The van der Waals surface area contributed by atoms with Gasteiger partial charge in [0, 0.05) is 13.1 Å². The van der Waals surface area contributed by atoms with E-state index < -0.39 is 28.5 Å². The fourth-order valence-corrected chi connectivity index (χ4v) is 5.02. The van der Waals surface area contributed by atoms with E-state index in [1.807, 2.05) is 75.4 Å². The van der Waals surface area contributed by atoms with Crippen LogP contribution in [0.5, 0.6) is 11.5 Å². The van der Waals surface area contributed by atoms with Gasteiger partial charge in [-0.3, -0.25) is 13.9 Å². The van der Waals surface area contributed by atoms with Crippen LogP contribution in [0.25, 0.3) is 0 Å². The number of anilines is 1. The first-order chi connectivity index (χ1) is 18.6. The minimum Gasteiger partial charge on any atom is -0.457 e. The Morgan fingerprint density at radius 3 is 2.10 bits per heavy atom. The zero-order valence-electron chi connectivity index (χ0n) is 23.0. The third-order valence-corrected chi connectivity index (χ3v) is 7.46. The lowest BCUT2D eigenvalue weighted by Gasteiger charge is -2.33. The Labute approximate surface area is 231 Å². The number of ether oxygens (including phenoxy) is 1. The number of nitrogens with one attached hydrogen (secondary N) is 1. The zero-order valence-corrected chi connectivity index (χ0v) is 23.8. The molecule has 0 bridgehead atoms. The van der Waals surface area contributed by atoms with Gasteiger partial charge in [0.25, 0.3) is 0 Å². The summed E-state index contributed by atoms with van der Waals surface area (Å²) < 4.78 is 32.5. The van der Waals surface area contributed by atoms with Crippen molar-refractivity contribution in [2.45, 2.75) is 46.2 Å². The lowest BCUT2D eigenvalue weighted by atomic mass is 10.1. The Balaban J connectivity index is 1.89. The van der Waals surface area contributed by atoms with Crippen LogP contribution in [0, 0.1) is 6.92 Å². The van der Waals surface area contributed by atoms with Crippen molar-refractivity contribution in [3.05, 3.63) is 90.0 Å². The van der Waals surface area contributed by atoms with E-state index in [2.05, 4.69) is 5.32 Å². The highest BCUT2D eigenvalue weighted by molar-refractivity contribution is 7.92. The molecule has 39 heavy (non-hydrogen) atoms. The van der Waals surface area contributed by atoms with Crippen molar-refractivity contribution in [3.8, 4) is 11.5 Å². The molecule has 0 aromatic heterocycles. The molecular formula is C30H37N3O5S. The predicted octanol–water partition coefficient (Wildman–Crippen LogP) is 4.89. The van der Waals surface area contributed by atoms with E-state index >= 15 is 0 Å². The van der Waals surface area contributed by atoms with Gasteiger partial charge in [0.2, 0.25) is 21.8 Å². The Morgan fingerprint density at radius 1 is 0.897 bits per heavy atom. The molecule has 8 nitrogen and oxygen atoms in total. The van der Waals surface area contributed by atoms with Crippen molar-refractivity contribution < 1.29 is 22.7 Å². The Hall–Kier alpha value is -3.85. The van der Waals surface area contributed by atoms with Gasteiger partial charge in [-0.25, -0.2) is 8.42 Å². The minimum absolute atomic E-state index is 0.186. The van der Waals surface area contributed by atoms with Gasteiger partial charge in [-0.1, -0.05) is 56.3 Å². The Kier molecular flexibility index (Phi) is 10.5. The first-order valence-electron chi connectivity index (χ1n) is 13.1. The predicted molar refractivity (Wildman–Crippen MR) is 154 cm³/mol. The molecule has 0 spiro atoms. The lowest BCUT2D eigenvalue weighted by molar-refractivity contribution is -0.140. The van der Waals surface area contributed by atoms with E-state index in [4.69, 9.17) is 4.74 Å². The van der Waals surface area contributed by atoms with E-state index in [-0.39, 0.29) is 12.5 Å². The SMILES string of the molecule is CCCNC(=O)C(CC)N(Cc1ccccc1C)C(=O)CN(c1ccc(Oc2ccccc2)cc1)S(C)(=O)=O. The molecule has 0 aliphatic rings. The highest BCUT2D eigenvalue weighted by atomic mass is 32.2. The number of amides is 2.